The third kappa shape index (κ3) is 8.39. The highest BCUT2D eigenvalue weighted by atomic mass is 35.5. The zero-order valence-electron chi connectivity index (χ0n) is 16.2. The van der Waals surface area contributed by atoms with E-state index in [2.05, 4.69) is 9.97 Å². The minimum absolute atomic E-state index is 0.00926. The first kappa shape index (κ1) is 26.1. The van der Waals surface area contributed by atoms with Gasteiger partial charge in [-0.05, 0) is 30.3 Å². The quantitative estimate of drug-likeness (QED) is 0.208. The van der Waals surface area contributed by atoms with Crippen molar-refractivity contribution in [2.45, 2.75) is 12.4 Å². The fourth-order valence-corrected chi connectivity index (χ4v) is 2.36. The maximum absolute atomic E-state index is 12.7. The summed E-state index contributed by atoms with van der Waals surface area (Å²) in [5.74, 6) is -0.0469. The summed E-state index contributed by atoms with van der Waals surface area (Å²) >= 11 is 9.95. The van der Waals surface area contributed by atoms with E-state index in [1.54, 1.807) is 0 Å². The Labute approximate surface area is 193 Å². The van der Waals surface area contributed by atoms with E-state index in [1.807, 2.05) is 0 Å². The zero-order chi connectivity index (χ0) is 24.6. The summed E-state index contributed by atoms with van der Waals surface area (Å²) in [4.78, 5) is 17.3. The highest BCUT2D eigenvalue weighted by Crippen LogP contribution is 2.33. The molecular weight excluding hydrogens is 497 g/mol. The lowest BCUT2D eigenvalue weighted by Crippen LogP contribution is -2.04. The van der Waals surface area contributed by atoms with Crippen LogP contribution in [0.1, 0.15) is 11.1 Å². The van der Waals surface area contributed by atoms with Crippen molar-refractivity contribution >= 4 is 29.5 Å². The van der Waals surface area contributed by atoms with Gasteiger partial charge in [-0.2, -0.15) is 31.3 Å². The van der Waals surface area contributed by atoms with E-state index in [-0.39, 0.29) is 21.9 Å². The Bertz CT molecular complexity index is 1110. The van der Waals surface area contributed by atoms with Crippen molar-refractivity contribution in [2.75, 3.05) is 0 Å². The smallest absolute Gasteiger partial charge is 0.416 e. The van der Waals surface area contributed by atoms with Crippen molar-refractivity contribution in [2.24, 2.45) is 0 Å². The Morgan fingerprint density at radius 2 is 1.52 bits per heavy atom. The predicted octanol–water partition coefficient (Wildman–Crippen LogP) is 7.48. The zero-order valence-corrected chi connectivity index (χ0v) is 17.7. The second-order valence-electron chi connectivity index (χ2n) is 6.01. The second kappa shape index (κ2) is 11.2. The molecule has 0 amide bonds. The minimum atomic E-state index is -4.52. The van der Waals surface area contributed by atoms with Crippen LogP contribution in [0, 0.1) is 0 Å². The van der Waals surface area contributed by atoms with Gasteiger partial charge in [-0.3, -0.25) is 4.79 Å². The molecule has 0 atom stereocenters. The van der Waals surface area contributed by atoms with Crippen molar-refractivity contribution in [3.8, 4) is 23.0 Å². The molecule has 1 aromatic heterocycles. The molecule has 0 bridgehead atoms. The van der Waals surface area contributed by atoms with Gasteiger partial charge >= 0.3 is 12.4 Å². The summed E-state index contributed by atoms with van der Waals surface area (Å²) in [6, 6.07) is 9.75. The molecule has 0 saturated heterocycles. The van der Waals surface area contributed by atoms with Crippen LogP contribution in [0.5, 0.6) is 11.6 Å². The van der Waals surface area contributed by atoms with Crippen molar-refractivity contribution in [1.29, 1.82) is 0 Å². The van der Waals surface area contributed by atoms with Gasteiger partial charge in [0, 0.05) is 23.9 Å². The summed E-state index contributed by atoms with van der Waals surface area (Å²) in [5.41, 5.74) is -1.39. The van der Waals surface area contributed by atoms with Crippen LogP contribution in [0.2, 0.25) is 0 Å². The molecule has 0 radical (unpaired) electrons. The summed E-state index contributed by atoms with van der Waals surface area (Å²) in [6.07, 6.45) is -6.11. The lowest BCUT2D eigenvalue weighted by Gasteiger charge is -2.10. The van der Waals surface area contributed by atoms with Gasteiger partial charge in [0.2, 0.25) is 5.88 Å². The van der Waals surface area contributed by atoms with Crippen LogP contribution in [-0.2, 0) is 17.1 Å². The molecule has 174 valence electrons. The van der Waals surface area contributed by atoms with Crippen molar-refractivity contribution < 1.29 is 35.9 Å². The van der Waals surface area contributed by atoms with Crippen molar-refractivity contribution in [1.82, 2.24) is 9.97 Å². The minimum Gasteiger partial charge on any atom is -0.439 e. The van der Waals surface area contributed by atoms with E-state index < -0.39 is 23.5 Å². The van der Waals surface area contributed by atoms with Crippen LogP contribution < -0.4 is 4.74 Å². The van der Waals surface area contributed by atoms with Gasteiger partial charge in [0.15, 0.2) is 5.82 Å². The van der Waals surface area contributed by atoms with Gasteiger partial charge in [0.25, 0.3) is 0 Å². The Balaban J connectivity index is 0.000000569. The van der Waals surface area contributed by atoms with Crippen LogP contribution >= 0.6 is 23.2 Å². The fourth-order valence-electron chi connectivity index (χ4n) is 2.25. The Hall–Kier alpha value is -3.11. The molecule has 2 aromatic carbocycles. The van der Waals surface area contributed by atoms with Gasteiger partial charge in [-0.15, -0.1) is 0 Å². The van der Waals surface area contributed by atoms with Gasteiger partial charge in [-0.1, -0.05) is 41.4 Å². The SMILES string of the molecule is FC(F)(F)c1ccc(-c2nccc(Oc3cccc(C(F)(F)F)c3)n2)cc1.O=CC=C(Cl)Cl. The van der Waals surface area contributed by atoms with Crippen molar-refractivity contribution in [3.05, 3.63) is 82.5 Å². The molecule has 0 fully saturated rings. The molecule has 12 heteroatoms. The molecule has 0 saturated carbocycles. The third-order valence-electron chi connectivity index (χ3n) is 3.68. The van der Waals surface area contributed by atoms with Gasteiger partial charge in [0.05, 0.1) is 11.1 Å². The molecule has 0 aliphatic heterocycles. The second-order valence-corrected chi connectivity index (χ2v) is 7.02. The van der Waals surface area contributed by atoms with E-state index in [0.29, 0.717) is 11.8 Å². The van der Waals surface area contributed by atoms with E-state index in [0.717, 1.165) is 30.3 Å². The monoisotopic (exact) mass is 508 g/mol. The molecule has 0 unspecified atom stereocenters. The normalized spacial score (nSPS) is 11.2. The lowest BCUT2D eigenvalue weighted by molar-refractivity contribution is -0.138. The number of aldehydes is 1. The molecule has 33 heavy (non-hydrogen) atoms. The molecule has 1 heterocycles. The third-order valence-corrected chi connectivity index (χ3v) is 3.93. The van der Waals surface area contributed by atoms with E-state index in [4.69, 9.17) is 27.9 Å². The highest BCUT2D eigenvalue weighted by Gasteiger charge is 2.31. The first-order chi connectivity index (χ1) is 15.4. The van der Waals surface area contributed by atoms with Gasteiger partial charge in [0.1, 0.15) is 16.5 Å². The number of benzene rings is 2. The number of alkyl halides is 6. The molecule has 0 spiro atoms. The maximum Gasteiger partial charge on any atom is 0.416 e. The average molecular weight is 509 g/mol. The summed E-state index contributed by atoms with van der Waals surface area (Å²) in [5, 5.41) is 0. The van der Waals surface area contributed by atoms with Crippen LogP contribution in [0.25, 0.3) is 11.4 Å². The number of halogens is 8. The standard InChI is InChI=1S/C18H10F6N2O.C3H2Cl2O/c19-17(20,21)12-6-4-11(5-7-12)16-25-9-8-15(26-16)27-14-3-1-2-13(10-14)18(22,23)24;4-3(5)1-2-6/h1-10H;1-2H. The Kier molecular flexibility index (Phi) is 8.84. The van der Waals surface area contributed by atoms with Gasteiger partial charge in [-0.25, -0.2) is 4.98 Å². The number of rotatable bonds is 4. The summed E-state index contributed by atoms with van der Waals surface area (Å²) < 4.78 is 81.4. The van der Waals surface area contributed by atoms with Crippen LogP contribution in [0.4, 0.5) is 26.3 Å². The number of ether oxygens (including phenoxy) is 1. The highest BCUT2D eigenvalue weighted by molar-refractivity contribution is 6.56. The first-order valence-corrected chi connectivity index (χ1v) is 9.48. The number of hydrogen-bond acceptors (Lipinski definition) is 4. The van der Waals surface area contributed by atoms with E-state index >= 15 is 0 Å². The Morgan fingerprint density at radius 1 is 0.879 bits per heavy atom. The molecule has 3 rings (SSSR count). The predicted molar refractivity (Wildman–Crippen MR) is 110 cm³/mol. The van der Waals surface area contributed by atoms with Crippen LogP contribution in [-0.4, -0.2) is 16.3 Å². The first-order valence-electron chi connectivity index (χ1n) is 8.72. The molecule has 3 aromatic rings. The summed E-state index contributed by atoms with van der Waals surface area (Å²) in [6.45, 7) is 0. The lowest BCUT2D eigenvalue weighted by atomic mass is 10.1. The molecule has 0 aliphatic rings. The molecule has 4 nitrogen and oxygen atoms in total. The molecule has 0 N–H and O–H groups in total. The van der Waals surface area contributed by atoms with Gasteiger partial charge < -0.3 is 4.74 Å². The summed E-state index contributed by atoms with van der Waals surface area (Å²) in [7, 11) is 0. The fraction of sp³-hybridized carbons (Fsp3) is 0.0952. The number of carbonyl (C=O) groups is 1. The number of allylic oxidation sites excluding steroid dienone is 1. The molecule has 0 aliphatic carbocycles. The molecular formula is C21H12Cl2F6N2O2. The number of nitrogens with zero attached hydrogens (tertiary/aromatic N) is 2. The van der Waals surface area contributed by atoms with E-state index in [9.17, 15) is 31.1 Å². The maximum atomic E-state index is 12.7. The van der Waals surface area contributed by atoms with E-state index in [1.165, 1.54) is 36.5 Å². The van der Waals surface area contributed by atoms with Crippen LogP contribution in [0.15, 0.2) is 71.4 Å². The average Bonchev–Trinajstić information content (AvgIpc) is 2.73. The largest absolute Gasteiger partial charge is 0.439 e. The van der Waals surface area contributed by atoms with Crippen molar-refractivity contribution in [3.63, 3.8) is 0 Å². The topological polar surface area (TPSA) is 52.1 Å². The van der Waals surface area contributed by atoms with Crippen LogP contribution in [0.3, 0.4) is 0 Å². The number of hydrogen-bond donors (Lipinski definition) is 0. The number of carbonyl (C=O) groups excluding carboxylic acids is 1. The Morgan fingerprint density at radius 3 is 2.03 bits per heavy atom. The number of aromatic nitrogens is 2.